The third kappa shape index (κ3) is 5.05. The number of hydrogen-bond acceptors (Lipinski definition) is 7. The van der Waals surface area contributed by atoms with Crippen molar-refractivity contribution in [1.29, 1.82) is 0 Å². The molecule has 144 valence electrons. The molecule has 7 heteroatoms. The number of fused-ring (bicyclic) bond motifs is 1. The highest BCUT2D eigenvalue weighted by Gasteiger charge is 2.13. The van der Waals surface area contributed by atoms with Gasteiger partial charge in [-0.3, -0.25) is 0 Å². The smallest absolute Gasteiger partial charge is 0.191 e. The van der Waals surface area contributed by atoms with E-state index in [0.29, 0.717) is 17.6 Å². The minimum Gasteiger partial charge on any atom is -0.493 e. The van der Waals surface area contributed by atoms with Crippen LogP contribution in [0.2, 0.25) is 0 Å². The van der Waals surface area contributed by atoms with Crippen molar-refractivity contribution in [2.24, 2.45) is 0 Å². The summed E-state index contributed by atoms with van der Waals surface area (Å²) in [6.07, 6.45) is 0. The predicted molar refractivity (Wildman–Crippen MR) is 114 cm³/mol. The summed E-state index contributed by atoms with van der Waals surface area (Å²) < 4.78 is 11.6. The summed E-state index contributed by atoms with van der Waals surface area (Å²) in [6, 6.07) is 7.69. The number of aryl methyl sites for hydroxylation is 2. The Bertz CT molecular complexity index is 931. The number of nitrogen functional groups attached to an aromatic ring is 1. The molecule has 0 bridgehead atoms. The van der Waals surface area contributed by atoms with Crippen molar-refractivity contribution in [3.8, 4) is 11.5 Å². The fraction of sp³-hybridized carbons (Fsp3) is 0.400. The zero-order valence-electron chi connectivity index (χ0n) is 16.3. The fourth-order valence-electron chi connectivity index (χ4n) is 2.57. The van der Waals surface area contributed by atoms with Crippen LogP contribution in [0.15, 0.2) is 29.4 Å². The van der Waals surface area contributed by atoms with Gasteiger partial charge >= 0.3 is 0 Å². The van der Waals surface area contributed by atoms with E-state index in [1.807, 2.05) is 45.0 Å². The van der Waals surface area contributed by atoms with Gasteiger partial charge in [0, 0.05) is 10.6 Å². The fourth-order valence-corrected chi connectivity index (χ4v) is 4.34. The largest absolute Gasteiger partial charge is 0.493 e. The van der Waals surface area contributed by atoms with Gasteiger partial charge in [0.05, 0.1) is 12.0 Å². The number of nitrogens with two attached hydrogens (primary N) is 1. The molecule has 5 nitrogen and oxygen atoms in total. The first kappa shape index (κ1) is 19.8. The summed E-state index contributed by atoms with van der Waals surface area (Å²) >= 11 is 3.21. The number of nitrogens with zero attached hydrogens (tertiary/aromatic N) is 2. The number of anilines is 1. The highest BCUT2D eigenvalue weighted by molar-refractivity contribution is 7.99. The first-order valence-corrected chi connectivity index (χ1v) is 10.6. The van der Waals surface area contributed by atoms with E-state index in [-0.39, 0.29) is 5.60 Å². The second-order valence-electron chi connectivity index (χ2n) is 7.24. The van der Waals surface area contributed by atoms with Gasteiger partial charge in [-0.2, -0.15) is 0 Å². The Hall–Kier alpha value is -1.99. The average Bonchev–Trinajstić information content (AvgIpc) is 2.86. The predicted octanol–water partition coefficient (Wildman–Crippen LogP) is 5.24. The van der Waals surface area contributed by atoms with Crippen molar-refractivity contribution in [2.75, 3.05) is 18.1 Å². The molecule has 3 rings (SSSR count). The van der Waals surface area contributed by atoms with E-state index >= 15 is 0 Å². The molecule has 0 aliphatic heterocycles. The van der Waals surface area contributed by atoms with Crippen molar-refractivity contribution < 1.29 is 9.47 Å². The Morgan fingerprint density at radius 1 is 1.07 bits per heavy atom. The molecule has 1 aromatic carbocycles. The lowest BCUT2D eigenvalue weighted by Crippen LogP contribution is -2.22. The maximum atomic E-state index is 6.12. The summed E-state index contributed by atoms with van der Waals surface area (Å²) in [7, 11) is 0. The van der Waals surface area contributed by atoms with Crippen LogP contribution in [0, 0.1) is 13.8 Å². The first-order chi connectivity index (χ1) is 12.7. The Morgan fingerprint density at radius 2 is 1.74 bits per heavy atom. The van der Waals surface area contributed by atoms with Crippen LogP contribution in [0.1, 0.15) is 31.2 Å². The van der Waals surface area contributed by atoms with Crippen molar-refractivity contribution in [3.05, 3.63) is 34.7 Å². The van der Waals surface area contributed by atoms with Gasteiger partial charge in [-0.25, -0.2) is 9.97 Å². The second kappa shape index (κ2) is 7.94. The molecule has 0 aliphatic carbocycles. The molecule has 0 radical (unpaired) electrons. The van der Waals surface area contributed by atoms with Crippen LogP contribution in [-0.4, -0.2) is 27.9 Å². The number of hydrogen-bond donors (Lipinski definition) is 1. The molecule has 0 atom stereocenters. The normalized spacial score (nSPS) is 11.7. The summed E-state index contributed by atoms with van der Waals surface area (Å²) in [5, 5.41) is 1.68. The SMILES string of the molecule is Cc1sc2nc(SCCOc3ccc(OC(C)(C)C)cc3)nc(N)c2c1C. The van der Waals surface area contributed by atoms with Crippen LogP contribution in [0.3, 0.4) is 0 Å². The molecule has 0 fully saturated rings. The molecule has 0 saturated heterocycles. The maximum absolute atomic E-state index is 6.12. The van der Waals surface area contributed by atoms with Gasteiger partial charge in [-0.1, -0.05) is 11.8 Å². The van der Waals surface area contributed by atoms with Crippen LogP contribution in [0.25, 0.3) is 10.2 Å². The minimum atomic E-state index is -0.207. The van der Waals surface area contributed by atoms with Gasteiger partial charge in [-0.05, 0) is 64.4 Å². The van der Waals surface area contributed by atoms with E-state index in [9.17, 15) is 0 Å². The topological polar surface area (TPSA) is 70.3 Å². The van der Waals surface area contributed by atoms with E-state index in [4.69, 9.17) is 15.2 Å². The number of benzene rings is 1. The van der Waals surface area contributed by atoms with Crippen LogP contribution in [-0.2, 0) is 0 Å². The van der Waals surface area contributed by atoms with E-state index in [1.54, 1.807) is 23.1 Å². The summed E-state index contributed by atoms with van der Waals surface area (Å²) in [5.41, 5.74) is 7.09. The second-order valence-corrected chi connectivity index (χ2v) is 9.50. The van der Waals surface area contributed by atoms with Crippen LogP contribution < -0.4 is 15.2 Å². The van der Waals surface area contributed by atoms with Crippen LogP contribution >= 0.6 is 23.1 Å². The highest BCUT2D eigenvalue weighted by atomic mass is 32.2. The van der Waals surface area contributed by atoms with E-state index in [2.05, 4.69) is 23.8 Å². The molecule has 2 heterocycles. The number of ether oxygens (including phenoxy) is 2. The molecule has 27 heavy (non-hydrogen) atoms. The van der Waals surface area contributed by atoms with Gasteiger partial charge in [0.1, 0.15) is 27.7 Å². The molecule has 0 amide bonds. The highest BCUT2D eigenvalue weighted by Crippen LogP contribution is 2.33. The average molecular weight is 404 g/mol. The Labute approximate surface area is 168 Å². The Balaban J connectivity index is 1.54. The summed E-state index contributed by atoms with van der Waals surface area (Å²) in [4.78, 5) is 11.2. The minimum absolute atomic E-state index is 0.207. The number of thiophene rings is 1. The molecule has 2 N–H and O–H groups in total. The molecule has 0 saturated carbocycles. The monoisotopic (exact) mass is 403 g/mol. The third-order valence-corrected chi connectivity index (χ3v) is 5.78. The summed E-state index contributed by atoms with van der Waals surface area (Å²) in [5.74, 6) is 2.95. The van der Waals surface area contributed by atoms with Crippen molar-refractivity contribution in [3.63, 3.8) is 0 Å². The van der Waals surface area contributed by atoms with E-state index in [1.165, 1.54) is 10.4 Å². The lowest BCUT2D eigenvalue weighted by atomic mass is 10.2. The quantitative estimate of drug-likeness (QED) is 0.345. The standard InChI is InChI=1S/C20H25N3O2S2/c1-12-13(2)27-18-16(12)17(21)22-19(23-18)26-11-10-24-14-6-8-15(9-7-14)25-20(3,4)5/h6-9H,10-11H2,1-5H3,(H2,21,22,23). The molecule has 0 spiro atoms. The molecular formula is C20H25N3O2S2. The third-order valence-electron chi connectivity index (χ3n) is 3.87. The number of aromatic nitrogens is 2. The van der Waals surface area contributed by atoms with Crippen LogP contribution in [0.5, 0.6) is 11.5 Å². The number of rotatable bonds is 6. The lowest BCUT2D eigenvalue weighted by Gasteiger charge is -2.21. The van der Waals surface area contributed by atoms with Crippen molar-refractivity contribution >= 4 is 39.1 Å². The maximum Gasteiger partial charge on any atom is 0.191 e. The Morgan fingerprint density at radius 3 is 2.41 bits per heavy atom. The van der Waals surface area contributed by atoms with Gasteiger partial charge < -0.3 is 15.2 Å². The lowest BCUT2D eigenvalue weighted by molar-refractivity contribution is 0.131. The van der Waals surface area contributed by atoms with E-state index in [0.717, 1.165) is 27.5 Å². The van der Waals surface area contributed by atoms with Gasteiger partial charge in [0.15, 0.2) is 5.16 Å². The van der Waals surface area contributed by atoms with Crippen molar-refractivity contribution in [2.45, 2.75) is 45.4 Å². The Kier molecular flexibility index (Phi) is 5.81. The van der Waals surface area contributed by atoms with E-state index < -0.39 is 0 Å². The van der Waals surface area contributed by atoms with Gasteiger partial charge in [-0.15, -0.1) is 11.3 Å². The molecule has 0 unspecified atom stereocenters. The van der Waals surface area contributed by atoms with Gasteiger partial charge in [0.25, 0.3) is 0 Å². The molecular weight excluding hydrogens is 378 g/mol. The van der Waals surface area contributed by atoms with Gasteiger partial charge in [0.2, 0.25) is 0 Å². The summed E-state index contributed by atoms with van der Waals surface area (Å²) in [6.45, 7) is 10.8. The zero-order valence-corrected chi connectivity index (χ0v) is 18.0. The number of thioether (sulfide) groups is 1. The van der Waals surface area contributed by atoms with Crippen LogP contribution in [0.4, 0.5) is 5.82 Å². The van der Waals surface area contributed by atoms with Crippen molar-refractivity contribution in [1.82, 2.24) is 9.97 Å². The molecule has 0 aliphatic rings. The first-order valence-electron chi connectivity index (χ1n) is 8.81. The molecule has 3 aromatic rings. The molecule has 2 aromatic heterocycles. The zero-order chi connectivity index (χ0) is 19.6.